The van der Waals surface area contributed by atoms with Gasteiger partial charge in [0.1, 0.15) is 5.78 Å². The average Bonchev–Trinajstić information content (AvgIpc) is 2.95. The number of carbonyl (C=O) groups excluding carboxylic acids is 1. The maximum Gasteiger partial charge on any atom is 0.139 e. The number of ketones is 1. The molecule has 0 spiro atoms. The lowest BCUT2D eigenvalue weighted by Gasteiger charge is -2.21. The van der Waals surface area contributed by atoms with Crippen molar-refractivity contribution in [2.24, 2.45) is 5.92 Å². The van der Waals surface area contributed by atoms with Gasteiger partial charge in [-0.1, -0.05) is 82.4 Å². The van der Waals surface area contributed by atoms with E-state index in [0.717, 1.165) is 43.2 Å². The number of rotatable bonds is 11. The minimum Gasteiger partial charge on any atom is -0.392 e. The quantitative estimate of drug-likeness (QED) is 0.400. The highest BCUT2D eigenvalue weighted by molar-refractivity contribution is 5.85. The number of hydrogen-bond donors (Lipinski definition) is 2. The van der Waals surface area contributed by atoms with Crippen molar-refractivity contribution in [3.63, 3.8) is 0 Å². The van der Waals surface area contributed by atoms with Gasteiger partial charge in [0.05, 0.1) is 12.2 Å². The number of unbranched alkanes of at least 4 members (excludes halogenated alkanes) is 4. The Balaban J connectivity index is 2.02. The van der Waals surface area contributed by atoms with Crippen molar-refractivity contribution in [1.29, 1.82) is 0 Å². The Bertz CT molecular complexity index is 590. The molecule has 150 valence electrons. The second-order valence-corrected chi connectivity index (χ2v) is 7.90. The van der Waals surface area contributed by atoms with E-state index in [2.05, 4.69) is 26.0 Å². The summed E-state index contributed by atoms with van der Waals surface area (Å²) in [7, 11) is 0. The third-order valence-electron chi connectivity index (χ3n) is 5.74. The van der Waals surface area contributed by atoms with Gasteiger partial charge >= 0.3 is 0 Å². The molecule has 0 bridgehead atoms. The molecule has 1 aromatic rings. The van der Waals surface area contributed by atoms with E-state index in [9.17, 15) is 15.0 Å². The average molecular weight is 373 g/mol. The van der Waals surface area contributed by atoms with Crippen LogP contribution in [0.5, 0.6) is 0 Å². The third kappa shape index (κ3) is 6.29. The SMILES string of the molecule is CCCC/C=C\C[C@H]1C(=O)C[C@@H](O)[C@@H]1c1ccc(C(O)CCCCC)cc1. The van der Waals surface area contributed by atoms with Crippen LogP contribution < -0.4 is 0 Å². The van der Waals surface area contributed by atoms with Crippen LogP contribution in [0.25, 0.3) is 0 Å². The monoisotopic (exact) mass is 372 g/mol. The Hall–Kier alpha value is -1.45. The molecule has 2 rings (SSSR count). The molecule has 4 atom stereocenters. The van der Waals surface area contributed by atoms with Crippen LogP contribution in [0, 0.1) is 5.92 Å². The summed E-state index contributed by atoms with van der Waals surface area (Å²) in [5.41, 5.74) is 1.93. The fourth-order valence-electron chi connectivity index (χ4n) is 4.06. The van der Waals surface area contributed by atoms with Gasteiger partial charge in [0.2, 0.25) is 0 Å². The number of hydrogen-bond acceptors (Lipinski definition) is 3. The molecule has 0 aromatic heterocycles. The summed E-state index contributed by atoms with van der Waals surface area (Å²) in [5, 5.41) is 20.8. The minimum absolute atomic E-state index is 0.139. The Morgan fingerprint density at radius 2 is 1.78 bits per heavy atom. The number of Topliss-reactive ketones (excluding diaryl/α,β-unsaturated/α-hetero) is 1. The van der Waals surface area contributed by atoms with Crippen molar-refractivity contribution in [1.82, 2.24) is 0 Å². The molecule has 0 radical (unpaired) electrons. The van der Waals surface area contributed by atoms with E-state index in [0.29, 0.717) is 6.42 Å². The van der Waals surface area contributed by atoms with Crippen molar-refractivity contribution < 1.29 is 15.0 Å². The van der Waals surface area contributed by atoms with Gasteiger partial charge < -0.3 is 10.2 Å². The fourth-order valence-corrected chi connectivity index (χ4v) is 4.06. The first kappa shape index (κ1) is 21.8. The van der Waals surface area contributed by atoms with Crippen LogP contribution in [-0.4, -0.2) is 22.1 Å². The molecule has 0 amide bonds. The molecule has 0 heterocycles. The Morgan fingerprint density at radius 1 is 1.07 bits per heavy atom. The van der Waals surface area contributed by atoms with E-state index >= 15 is 0 Å². The number of allylic oxidation sites excluding steroid dienone is 2. The largest absolute Gasteiger partial charge is 0.392 e. The van der Waals surface area contributed by atoms with Crippen LogP contribution in [0.2, 0.25) is 0 Å². The molecule has 27 heavy (non-hydrogen) atoms. The Kier molecular flexibility index (Phi) is 9.23. The van der Waals surface area contributed by atoms with E-state index in [1.807, 2.05) is 24.3 Å². The van der Waals surface area contributed by atoms with Gasteiger partial charge in [-0.05, 0) is 30.4 Å². The van der Waals surface area contributed by atoms with Gasteiger partial charge in [-0.3, -0.25) is 4.79 Å². The second-order valence-electron chi connectivity index (χ2n) is 7.90. The van der Waals surface area contributed by atoms with Crippen molar-refractivity contribution in [2.45, 2.75) is 89.8 Å². The molecule has 1 aliphatic carbocycles. The van der Waals surface area contributed by atoms with Gasteiger partial charge in [-0.2, -0.15) is 0 Å². The smallest absolute Gasteiger partial charge is 0.139 e. The molecule has 2 N–H and O–H groups in total. The lowest BCUT2D eigenvalue weighted by atomic mass is 9.84. The minimum atomic E-state index is -0.605. The summed E-state index contributed by atoms with van der Waals surface area (Å²) in [4.78, 5) is 12.4. The molecule has 3 nitrogen and oxygen atoms in total. The Labute approximate surface area is 164 Å². The maximum atomic E-state index is 12.4. The summed E-state index contributed by atoms with van der Waals surface area (Å²) in [5.74, 6) is -0.117. The first-order valence-electron chi connectivity index (χ1n) is 10.7. The summed E-state index contributed by atoms with van der Waals surface area (Å²) < 4.78 is 0. The molecule has 3 heteroatoms. The maximum absolute atomic E-state index is 12.4. The summed E-state index contributed by atoms with van der Waals surface area (Å²) >= 11 is 0. The standard InChI is InChI=1S/C24H36O3/c1-3-5-7-8-10-11-20-22(26)17-23(27)24(20)19-15-13-18(14-16-19)21(25)12-9-6-4-2/h8,10,13-16,20-21,23-25,27H,3-7,9,11-12,17H2,1-2H3/b10-8-/t20-,21?,23+,24+/m0/s1. The predicted molar refractivity (Wildman–Crippen MR) is 111 cm³/mol. The topological polar surface area (TPSA) is 57.5 Å². The molecule has 1 fully saturated rings. The first-order valence-corrected chi connectivity index (χ1v) is 10.7. The molecule has 1 aromatic carbocycles. The normalized spacial score (nSPS) is 24.0. The summed E-state index contributed by atoms with van der Waals surface area (Å²) in [6.45, 7) is 4.33. The third-order valence-corrected chi connectivity index (χ3v) is 5.74. The van der Waals surface area contributed by atoms with Crippen molar-refractivity contribution in [3.05, 3.63) is 47.5 Å². The van der Waals surface area contributed by atoms with Crippen LogP contribution in [-0.2, 0) is 4.79 Å². The lowest BCUT2D eigenvalue weighted by Crippen LogP contribution is -2.18. The number of benzene rings is 1. The van der Waals surface area contributed by atoms with E-state index < -0.39 is 12.2 Å². The predicted octanol–water partition coefficient (Wildman–Crippen LogP) is 5.47. The molecular weight excluding hydrogens is 336 g/mol. The Morgan fingerprint density at radius 3 is 2.44 bits per heavy atom. The van der Waals surface area contributed by atoms with E-state index in [1.54, 1.807) is 0 Å². The molecule has 1 saturated carbocycles. The van der Waals surface area contributed by atoms with E-state index in [4.69, 9.17) is 0 Å². The highest BCUT2D eigenvalue weighted by Crippen LogP contribution is 2.40. The number of aliphatic hydroxyl groups excluding tert-OH is 2. The first-order chi connectivity index (χ1) is 13.1. The van der Waals surface area contributed by atoms with Crippen molar-refractivity contribution in [3.8, 4) is 0 Å². The van der Waals surface area contributed by atoms with Crippen LogP contribution in [0.4, 0.5) is 0 Å². The van der Waals surface area contributed by atoms with Gasteiger partial charge in [-0.25, -0.2) is 0 Å². The van der Waals surface area contributed by atoms with Gasteiger partial charge in [0.25, 0.3) is 0 Å². The van der Waals surface area contributed by atoms with Crippen LogP contribution in [0.1, 0.15) is 94.8 Å². The fraction of sp³-hybridized carbons (Fsp3) is 0.625. The highest BCUT2D eigenvalue weighted by atomic mass is 16.3. The number of carbonyl (C=O) groups is 1. The molecule has 1 aliphatic rings. The van der Waals surface area contributed by atoms with Crippen molar-refractivity contribution >= 4 is 5.78 Å². The van der Waals surface area contributed by atoms with Crippen molar-refractivity contribution in [2.75, 3.05) is 0 Å². The van der Waals surface area contributed by atoms with E-state index in [1.165, 1.54) is 12.8 Å². The van der Waals surface area contributed by atoms with Gasteiger partial charge in [-0.15, -0.1) is 0 Å². The second kappa shape index (κ2) is 11.4. The zero-order valence-corrected chi connectivity index (χ0v) is 16.9. The molecule has 0 aliphatic heterocycles. The van der Waals surface area contributed by atoms with E-state index in [-0.39, 0.29) is 24.0 Å². The summed E-state index contributed by atoms with van der Waals surface area (Å²) in [6.07, 6.45) is 11.7. The number of aliphatic hydroxyl groups is 2. The zero-order chi connectivity index (χ0) is 19.6. The van der Waals surface area contributed by atoms with Crippen LogP contribution >= 0.6 is 0 Å². The van der Waals surface area contributed by atoms with Gasteiger partial charge in [0, 0.05) is 18.3 Å². The van der Waals surface area contributed by atoms with Crippen LogP contribution in [0.3, 0.4) is 0 Å². The zero-order valence-electron chi connectivity index (χ0n) is 16.9. The highest BCUT2D eigenvalue weighted by Gasteiger charge is 2.41. The molecule has 0 saturated heterocycles. The van der Waals surface area contributed by atoms with Crippen LogP contribution in [0.15, 0.2) is 36.4 Å². The molecule has 1 unspecified atom stereocenters. The summed E-state index contributed by atoms with van der Waals surface area (Å²) in [6, 6.07) is 7.88. The lowest BCUT2D eigenvalue weighted by molar-refractivity contribution is -0.121. The molecular formula is C24H36O3. The van der Waals surface area contributed by atoms with Gasteiger partial charge in [0.15, 0.2) is 0 Å².